The SMILES string of the molecule is CC(NC=O)=C1CC[C@H]2C3CCC4=CC(=O)CC[C@]4(C)[C@H]3CC[C@]12C. The van der Waals surface area contributed by atoms with Gasteiger partial charge in [-0.2, -0.15) is 0 Å². The highest BCUT2D eigenvalue weighted by molar-refractivity contribution is 5.91. The number of allylic oxidation sites excluding steroid dienone is 3. The second-order valence-electron chi connectivity index (χ2n) is 9.33. The van der Waals surface area contributed by atoms with Crippen molar-refractivity contribution in [1.82, 2.24) is 5.32 Å². The Morgan fingerprint density at radius 2 is 1.84 bits per heavy atom. The van der Waals surface area contributed by atoms with E-state index in [1.807, 2.05) is 6.08 Å². The van der Waals surface area contributed by atoms with Gasteiger partial charge >= 0.3 is 0 Å². The molecule has 0 spiro atoms. The highest BCUT2D eigenvalue weighted by atomic mass is 16.1. The predicted octanol–water partition coefficient (Wildman–Crippen LogP) is 4.54. The molecule has 0 aromatic carbocycles. The molecule has 3 fully saturated rings. The number of hydrogen-bond donors (Lipinski definition) is 1. The lowest BCUT2D eigenvalue weighted by molar-refractivity contribution is -0.117. The monoisotopic (exact) mass is 341 g/mol. The average molecular weight is 341 g/mol. The minimum atomic E-state index is 0.251. The molecule has 1 N–H and O–H groups in total. The molecule has 136 valence electrons. The molecular weight excluding hydrogens is 310 g/mol. The van der Waals surface area contributed by atoms with Crippen LogP contribution in [-0.2, 0) is 9.59 Å². The summed E-state index contributed by atoms with van der Waals surface area (Å²) in [6.07, 6.45) is 11.8. The minimum Gasteiger partial charge on any atom is -0.333 e. The van der Waals surface area contributed by atoms with Crippen molar-refractivity contribution < 1.29 is 9.59 Å². The van der Waals surface area contributed by atoms with Gasteiger partial charge in [-0.25, -0.2) is 0 Å². The molecule has 25 heavy (non-hydrogen) atoms. The van der Waals surface area contributed by atoms with E-state index < -0.39 is 0 Å². The zero-order chi connectivity index (χ0) is 17.8. The first kappa shape index (κ1) is 17.1. The molecule has 0 heterocycles. The van der Waals surface area contributed by atoms with Crippen molar-refractivity contribution in [3.05, 3.63) is 22.9 Å². The van der Waals surface area contributed by atoms with Crippen LogP contribution in [0.25, 0.3) is 0 Å². The molecular formula is C22H31NO2. The lowest BCUT2D eigenvalue weighted by Gasteiger charge is -2.57. The fraction of sp³-hybridized carbons (Fsp3) is 0.727. The van der Waals surface area contributed by atoms with E-state index in [0.29, 0.717) is 5.78 Å². The summed E-state index contributed by atoms with van der Waals surface area (Å²) in [6.45, 7) is 6.96. The third-order valence-corrected chi connectivity index (χ3v) is 8.47. The van der Waals surface area contributed by atoms with Crippen LogP contribution in [0.5, 0.6) is 0 Å². The molecule has 3 nitrogen and oxygen atoms in total. The first-order valence-corrected chi connectivity index (χ1v) is 10.0. The van der Waals surface area contributed by atoms with E-state index in [0.717, 1.165) is 55.5 Å². The summed E-state index contributed by atoms with van der Waals surface area (Å²) in [5.74, 6) is 2.59. The van der Waals surface area contributed by atoms with Crippen LogP contribution in [0.3, 0.4) is 0 Å². The molecule has 0 aliphatic heterocycles. The summed E-state index contributed by atoms with van der Waals surface area (Å²) in [6, 6.07) is 0. The highest BCUT2D eigenvalue weighted by Gasteiger charge is 2.57. The third-order valence-electron chi connectivity index (χ3n) is 8.47. The summed E-state index contributed by atoms with van der Waals surface area (Å²) >= 11 is 0. The number of amides is 1. The van der Waals surface area contributed by atoms with Crippen molar-refractivity contribution in [3.63, 3.8) is 0 Å². The van der Waals surface area contributed by atoms with Crippen LogP contribution in [0.2, 0.25) is 0 Å². The zero-order valence-electron chi connectivity index (χ0n) is 15.9. The van der Waals surface area contributed by atoms with Gasteiger partial charge in [0.05, 0.1) is 0 Å². The molecule has 4 aliphatic rings. The van der Waals surface area contributed by atoms with Crippen LogP contribution in [0.1, 0.15) is 72.1 Å². The molecule has 4 rings (SSSR count). The molecule has 0 radical (unpaired) electrons. The number of fused-ring (bicyclic) bond motifs is 5. The van der Waals surface area contributed by atoms with E-state index in [9.17, 15) is 9.59 Å². The number of hydrogen-bond acceptors (Lipinski definition) is 2. The first-order chi connectivity index (χ1) is 11.9. The molecule has 0 bridgehead atoms. The Kier molecular flexibility index (Phi) is 3.97. The Hall–Kier alpha value is -1.38. The molecule has 0 aromatic heterocycles. The van der Waals surface area contributed by atoms with Gasteiger partial charge in [-0.15, -0.1) is 0 Å². The number of carbonyl (C=O) groups is 2. The van der Waals surface area contributed by atoms with Gasteiger partial charge < -0.3 is 5.32 Å². The van der Waals surface area contributed by atoms with Crippen LogP contribution in [0.15, 0.2) is 22.9 Å². The van der Waals surface area contributed by atoms with E-state index in [1.165, 1.54) is 36.8 Å². The van der Waals surface area contributed by atoms with Crippen molar-refractivity contribution >= 4 is 12.2 Å². The van der Waals surface area contributed by atoms with Gasteiger partial charge in [-0.3, -0.25) is 9.59 Å². The van der Waals surface area contributed by atoms with Crippen molar-refractivity contribution in [2.75, 3.05) is 0 Å². The Morgan fingerprint density at radius 3 is 2.60 bits per heavy atom. The number of rotatable bonds is 2. The quantitative estimate of drug-likeness (QED) is 0.750. The van der Waals surface area contributed by atoms with Crippen molar-refractivity contribution in [1.29, 1.82) is 0 Å². The lowest BCUT2D eigenvalue weighted by atomic mass is 9.47. The minimum absolute atomic E-state index is 0.251. The molecule has 5 atom stereocenters. The van der Waals surface area contributed by atoms with Gasteiger partial charge in [0.15, 0.2) is 5.78 Å². The van der Waals surface area contributed by atoms with Crippen molar-refractivity contribution in [2.45, 2.75) is 72.1 Å². The predicted molar refractivity (Wildman–Crippen MR) is 98.6 cm³/mol. The summed E-state index contributed by atoms with van der Waals surface area (Å²) in [7, 11) is 0. The summed E-state index contributed by atoms with van der Waals surface area (Å²) in [4.78, 5) is 22.8. The number of nitrogens with one attached hydrogen (secondary N) is 1. The van der Waals surface area contributed by atoms with Gasteiger partial charge in [-0.1, -0.05) is 19.4 Å². The maximum atomic E-state index is 11.9. The Bertz CT molecular complexity index is 676. The molecule has 1 amide bonds. The van der Waals surface area contributed by atoms with Gasteiger partial charge in [-0.05, 0) is 92.1 Å². The van der Waals surface area contributed by atoms with Crippen molar-refractivity contribution in [3.8, 4) is 0 Å². The van der Waals surface area contributed by atoms with Crippen LogP contribution in [0.4, 0.5) is 0 Å². The summed E-state index contributed by atoms with van der Waals surface area (Å²) in [5, 5.41) is 2.93. The topological polar surface area (TPSA) is 46.2 Å². The molecule has 1 unspecified atom stereocenters. The molecule has 3 heteroatoms. The number of carbonyl (C=O) groups excluding carboxylic acids is 2. The fourth-order valence-electron chi connectivity index (χ4n) is 7.16. The van der Waals surface area contributed by atoms with Crippen molar-refractivity contribution in [2.24, 2.45) is 28.6 Å². The molecule has 3 saturated carbocycles. The van der Waals surface area contributed by atoms with Crippen LogP contribution >= 0.6 is 0 Å². The summed E-state index contributed by atoms with van der Waals surface area (Å²) in [5.41, 5.74) is 4.53. The van der Waals surface area contributed by atoms with Gasteiger partial charge in [0.1, 0.15) is 0 Å². The van der Waals surface area contributed by atoms with E-state index in [-0.39, 0.29) is 10.8 Å². The maximum Gasteiger partial charge on any atom is 0.211 e. The standard InChI is InChI=1S/C22H31NO2/c1-14(23-13-24)18-6-7-19-17-5-4-15-12-16(25)8-10-21(15,2)20(17)9-11-22(18,19)3/h12-13,17,19-20H,4-11H2,1-3H3,(H,23,24)/t17?,19-,20-,21-,22+/m0/s1. The van der Waals surface area contributed by atoms with E-state index >= 15 is 0 Å². The Morgan fingerprint density at radius 1 is 1.08 bits per heavy atom. The van der Waals surface area contributed by atoms with Crippen LogP contribution in [-0.4, -0.2) is 12.2 Å². The average Bonchev–Trinajstić information content (AvgIpc) is 2.93. The normalized spacial score (nSPS) is 45.0. The first-order valence-electron chi connectivity index (χ1n) is 10.0. The van der Waals surface area contributed by atoms with E-state index in [2.05, 4.69) is 26.1 Å². The largest absolute Gasteiger partial charge is 0.333 e. The number of ketones is 1. The Balaban J connectivity index is 1.67. The zero-order valence-corrected chi connectivity index (χ0v) is 15.9. The molecule has 4 aliphatic carbocycles. The van der Waals surface area contributed by atoms with E-state index in [4.69, 9.17) is 0 Å². The van der Waals surface area contributed by atoms with Gasteiger partial charge in [0.2, 0.25) is 6.41 Å². The highest BCUT2D eigenvalue weighted by Crippen LogP contribution is 2.66. The van der Waals surface area contributed by atoms with E-state index in [1.54, 1.807) is 0 Å². The second kappa shape index (κ2) is 5.82. The van der Waals surface area contributed by atoms with Crippen LogP contribution < -0.4 is 5.32 Å². The summed E-state index contributed by atoms with van der Waals surface area (Å²) < 4.78 is 0. The lowest BCUT2D eigenvalue weighted by Crippen LogP contribution is -2.49. The fourth-order valence-corrected chi connectivity index (χ4v) is 7.16. The van der Waals surface area contributed by atoms with Crippen LogP contribution in [0, 0.1) is 28.6 Å². The smallest absolute Gasteiger partial charge is 0.211 e. The van der Waals surface area contributed by atoms with Gasteiger partial charge in [0, 0.05) is 12.1 Å². The Labute approximate surface area is 151 Å². The third kappa shape index (κ3) is 2.38. The molecule has 0 aromatic rings. The van der Waals surface area contributed by atoms with Gasteiger partial charge in [0.25, 0.3) is 0 Å². The molecule has 0 saturated heterocycles. The maximum absolute atomic E-state index is 11.9. The second-order valence-corrected chi connectivity index (χ2v) is 9.33.